The number of nitrogens with zero attached hydrogens (tertiary/aromatic N) is 3. The largest absolute Gasteiger partial charge is 0.393 e. The van der Waals surface area contributed by atoms with E-state index in [0.29, 0.717) is 5.71 Å². The predicted molar refractivity (Wildman–Crippen MR) is 73.9 cm³/mol. The molecule has 0 bridgehead atoms. The lowest BCUT2D eigenvalue weighted by Crippen LogP contribution is -2.00. The molecule has 1 aromatic carbocycles. The molecule has 0 amide bonds. The van der Waals surface area contributed by atoms with E-state index in [1.54, 1.807) is 0 Å². The maximum atomic E-state index is 8.63. The molecule has 2 rings (SSSR count). The summed E-state index contributed by atoms with van der Waals surface area (Å²) in [6.07, 6.45) is 1.91. The number of hydrogen-bond donors (Lipinski definition) is 1. The molecule has 0 saturated carbocycles. The monoisotopic (exact) mass is 259 g/mol. The highest BCUT2D eigenvalue weighted by molar-refractivity contribution is 5.96. The number of aryl methyl sites for hydroxylation is 1. The molecule has 1 aromatic heterocycles. The Bertz CT molecular complexity index is 561. The van der Waals surface area contributed by atoms with Gasteiger partial charge in [0, 0.05) is 18.8 Å². The third kappa shape index (κ3) is 3.20. The van der Waals surface area contributed by atoms with Crippen LogP contribution in [0.4, 0.5) is 0 Å². The Balaban J connectivity index is 2.24. The van der Waals surface area contributed by atoms with Gasteiger partial charge in [-0.05, 0) is 6.92 Å². The van der Waals surface area contributed by atoms with Gasteiger partial charge in [-0.15, -0.1) is 0 Å². The van der Waals surface area contributed by atoms with Crippen molar-refractivity contribution in [2.75, 3.05) is 13.2 Å². The summed E-state index contributed by atoms with van der Waals surface area (Å²) in [5, 5.41) is 12.5. The van der Waals surface area contributed by atoms with Gasteiger partial charge in [-0.25, -0.2) is 4.98 Å². The van der Waals surface area contributed by atoms with E-state index < -0.39 is 0 Å². The summed E-state index contributed by atoms with van der Waals surface area (Å²) >= 11 is 0. The minimum Gasteiger partial charge on any atom is -0.393 e. The minimum absolute atomic E-state index is 0.0474. The summed E-state index contributed by atoms with van der Waals surface area (Å²) in [6.45, 7) is 1.97. The fourth-order valence-corrected chi connectivity index (χ4v) is 1.73. The molecule has 2 aromatic rings. The van der Waals surface area contributed by atoms with Crippen molar-refractivity contribution in [1.29, 1.82) is 0 Å². The smallest absolute Gasteiger partial charge is 0.140 e. The van der Waals surface area contributed by atoms with Crippen molar-refractivity contribution in [2.45, 2.75) is 6.92 Å². The molecular formula is C14H17N3O2. The van der Waals surface area contributed by atoms with Crippen molar-refractivity contribution < 1.29 is 9.94 Å². The summed E-state index contributed by atoms with van der Waals surface area (Å²) in [6, 6.07) is 9.97. The van der Waals surface area contributed by atoms with Gasteiger partial charge in [-0.1, -0.05) is 35.5 Å². The van der Waals surface area contributed by atoms with E-state index >= 15 is 0 Å². The summed E-state index contributed by atoms with van der Waals surface area (Å²) in [5.41, 5.74) is 2.51. The second kappa shape index (κ2) is 6.15. The summed E-state index contributed by atoms with van der Waals surface area (Å²) in [7, 11) is 1.95. The van der Waals surface area contributed by atoms with E-state index in [2.05, 4.69) is 10.1 Å². The standard InChI is InChI=1S/C14H17N3O2/c1-11(16-19-9-8-18)13-10-17(2)14(15-13)12-6-4-3-5-7-12/h3-7,10,18H,8-9H2,1-2H3. The number of oxime groups is 1. The molecule has 0 unspecified atom stereocenters. The molecule has 0 aliphatic carbocycles. The lowest BCUT2D eigenvalue weighted by molar-refractivity contribution is 0.0986. The van der Waals surface area contributed by atoms with Crippen LogP contribution in [0.5, 0.6) is 0 Å². The van der Waals surface area contributed by atoms with Crippen molar-refractivity contribution >= 4 is 5.71 Å². The Hall–Kier alpha value is -2.14. The average molecular weight is 259 g/mol. The number of aliphatic hydroxyl groups is 1. The van der Waals surface area contributed by atoms with Gasteiger partial charge >= 0.3 is 0 Å². The number of benzene rings is 1. The van der Waals surface area contributed by atoms with Gasteiger partial charge < -0.3 is 14.5 Å². The van der Waals surface area contributed by atoms with E-state index in [0.717, 1.165) is 17.1 Å². The van der Waals surface area contributed by atoms with E-state index in [1.165, 1.54) is 0 Å². The first-order chi connectivity index (χ1) is 9.22. The zero-order valence-electron chi connectivity index (χ0n) is 11.1. The molecule has 0 radical (unpaired) electrons. The van der Waals surface area contributed by atoms with Crippen LogP contribution in [0.3, 0.4) is 0 Å². The van der Waals surface area contributed by atoms with Gasteiger partial charge in [0.15, 0.2) is 0 Å². The highest BCUT2D eigenvalue weighted by Crippen LogP contribution is 2.17. The second-order valence-corrected chi connectivity index (χ2v) is 4.16. The van der Waals surface area contributed by atoms with Gasteiger partial charge in [0.1, 0.15) is 23.8 Å². The van der Waals surface area contributed by atoms with Crippen LogP contribution in [0.15, 0.2) is 41.7 Å². The zero-order chi connectivity index (χ0) is 13.7. The molecular weight excluding hydrogens is 242 g/mol. The number of rotatable bonds is 5. The molecule has 0 spiro atoms. The SMILES string of the molecule is CC(=NOCCO)c1cn(C)c(-c2ccccc2)n1. The van der Waals surface area contributed by atoms with Crippen molar-refractivity contribution in [3.8, 4) is 11.4 Å². The molecule has 0 saturated heterocycles. The van der Waals surface area contributed by atoms with Gasteiger partial charge in [-0.3, -0.25) is 0 Å². The Morgan fingerprint density at radius 1 is 1.37 bits per heavy atom. The molecule has 5 nitrogen and oxygen atoms in total. The van der Waals surface area contributed by atoms with E-state index in [-0.39, 0.29) is 13.2 Å². The summed E-state index contributed by atoms with van der Waals surface area (Å²) < 4.78 is 1.95. The highest BCUT2D eigenvalue weighted by atomic mass is 16.6. The van der Waals surface area contributed by atoms with Gasteiger partial charge in [0.05, 0.1) is 6.61 Å². The third-order valence-corrected chi connectivity index (χ3v) is 2.66. The second-order valence-electron chi connectivity index (χ2n) is 4.16. The van der Waals surface area contributed by atoms with Gasteiger partial charge in [0.2, 0.25) is 0 Å². The van der Waals surface area contributed by atoms with Crippen LogP contribution in [0.1, 0.15) is 12.6 Å². The Kier molecular flexibility index (Phi) is 4.30. The van der Waals surface area contributed by atoms with Crippen molar-refractivity contribution in [3.05, 3.63) is 42.2 Å². The molecule has 19 heavy (non-hydrogen) atoms. The molecule has 0 aliphatic heterocycles. The Labute approximate surface area is 112 Å². The maximum Gasteiger partial charge on any atom is 0.140 e. The lowest BCUT2D eigenvalue weighted by Gasteiger charge is -1.99. The summed E-state index contributed by atoms with van der Waals surface area (Å²) in [5.74, 6) is 0.882. The zero-order valence-corrected chi connectivity index (χ0v) is 11.1. The van der Waals surface area contributed by atoms with E-state index in [4.69, 9.17) is 9.94 Å². The third-order valence-electron chi connectivity index (χ3n) is 2.66. The van der Waals surface area contributed by atoms with E-state index in [1.807, 2.05) is 55.1 Å². The van der Waals surface area contributed by atoms with Crippen molar-refractivity contribution in [1.82, 2.24) is 9.55 Å². The van der Waals surface area contributed by atoms with Gasteiger partial charge in [0.25, 0.3) is 0 Å². The molecule has 1 N–H and O–H groups in total. The number of imidazole rings is 1. The van der Waals surface area contributed by atoms with Crippen LogP contribution < -0.4 is 0 Å². The number of hydrogen-bond acceptors (Lipinski definition) is 4. The summed E-state index contributed by atoms with van der Waals surface area (Å²) in [4.78, 5) is 9.49. The average Bonchev–Trinajstić information content (AvgIpc) is 2.82. The minimum atomic E-state index is -0.0474. The fraction of sp³-hybridized carbons (Fsp3) is 0.286. The maximum absolute atomic E-state index is 8.63. The van der Waals surface area contributed by atoms with Crippen LogP contribution in [0, 0.1) is 0 Å². The number of aromatic nitrogens is 2. The van der Waals surface area contributed by atoms with Crippen LogP contribution >= 0.6 is 0 Å². The molecule has 1 heterocycles. The van der Waals surface area contributed by atoms with Crippen LogP contribution in [-0.2, 0) is 11.9 Å². The topological polar surface area (TPSA) is 59.6 Å². The van der Waals surface area contributed by atoms with Crippen molar-refractivity contribution in [3.63, 3.8) is 0 Å². The Morgan fingerprint density at radius 2 is 2.11 bits per heavy atom. The quantitative estimate of drug-likeness (QED) is 0.506. The Morgan fingerprint density at radius 3 is 2.79 bits per heavy atom. The molecule has 5 heteroatoms. The molecule has 0 fully saturated rings. The van der Waals surface area contributed by atoms with Crippen LogP contribution in [0.2, 0.25) is 0 Å². The first-order valence-electron chi connectivity index (χ1n) is 6.09. The number of aliphatic hydroxyl groups excluding tert-OH is 1. The fourth-order valence-electron chi connectivity index (χ4n) is 1.73. The molecule has 100 valence electrons. The normalized spacial score (nSPS) is 11.6. The highest BCUT2D eigenvalue weighted by Gasteiger charge is 2.09. The lowest BCUT2D eigenvalue weighted by atomic mass is 10.2. The van der Waals surface area contributed by atoms with Crippen LogP contribution in [-0.4, -0.2) is 33.6 Å². The first kappa shape index (κ1) is 13.3. The van der Waals surface area contributed by atoms with Crippen LogP contribution in [0.25, 0.3) is 11.4 Å². The van der Waals surface area contributed by atoms with Crippen molar-refractivity contribution in [2.24, 2.45) is 12.2 Å². The first-order valence-corrected chi connectivity index (χ1v) is 6.09. The van der Waals surface area contributed by atoms with Gasteiger partial charge in [-0.2, -0.15) is 0 Å². The molecule has 0 aliphatic rings. The van der Waals surface area contributed by atoms with E-state index in [9.17, 15) is 0 Å². The molecule has 0 atom stereocenters. The predicted octanol–water partition coefficient (Wildman–Crippen LogP) is 1.82.